The standard InChI is InChI=1S/C14H28N2O2/c1-4-7-11(2)16-13(17)12(3)15-10-14(18)8-5-6-9-14/h11-12,15,18H,4-10H2,1-3H3,(H,16,17). The zero-order valence-corrected chi connectivity index (χ0v) is 12.0. The molecule has 1 saturated carbocycles. The van der Waals surface area contributed by atoms with Crippen LogP contribution in [0, 0.1) is 0 Å². The fourth-order valence-corrected chi connectivity index (χ4v) is 2.52. The maximum absolute atomic E-state index is 11.9. The van der Waals surface area contributed by atoms with Crippen molar-refractivity contribution in [3.05, 3.63) is 0 Å². The maximum Gasteiger partial charge on any atom is 0.237 e. The van der Waals surface area contributed by atoms with E-state index in [1.165, 1.54) is 0 Å². The van der Waals surface area contributed by atoms with Gasteiger partial charge in [0.2, 0.25) is 5.91 Å². The number of hydrogen-bond donors (Lipinski definition) is 3. The highest BCUT2D eigenvalue weighted by atomic mass is 16.3. The third kappa shape index (κ3) is 4.94. The van der Waals surface area contributed by atoms with Crippen LogP contribution in [0.2, 0.25) is 0 Å². The molecule has 1 aliphatic rings. The van der Waals surface area contributed by atoms with Gasteiger partial charge in [-0.15, -0.1) is 0 Å². The highest BCUT2D eigenvalue weighted by Gasteiger charge is 2.31. The van der Waals surface area contributed by atoms with Gasteiger partial charge < -0.3 is 15.7 Å². The summed E-state index contributed by atoms with van der Waals surface area (Å²) < 4.78 is 0. The summed E-state index contributed by atoms with van der Waals surface area (Å²) in [5, 5.41) is 16.3. The first-order valence-corrected chi connectivity index (χ1v) is 7.23. The van der Waals surface area contributed by atoms with Gasteiger partial charge >= 0.3 is 0 Å². The summed E-state index contributed by atoms with van der Waals surface area (Å²) in [6, 6.07) is -0.0183. The average Bonchev–Trinajstić information content (AvgIpc) is 2.74. The molecule has 2 unspecified atom stereocenters. The van der Waals surface area contributed by atoms with Crippen LogP contribution in [0.5, 0.6) is 0 Å². The number of carbonyl (C=O) groups excluding carboxylic acids is 1. The molecule has 0 spiro atoms. The molecule has 4 heteroatoms. The van der Waals surface area contributed by atoms with Crippen LogP contribution < -0.4 is 10.6 Å². The van der Waals surface area contributed by atoms with Crippen LogP contribution in [0.15, 0.2) is 0 Å². The summed E-state index contributed by atoms with van der Waals surface area (Å²) >= 11 is 0. The molecule has 18 heavy (non-hydrogen) atoms. The number of amides is 1. The largest absolute Gasteiger partial charge is 0.389 e. The van der Waals surface area contributed by atoms with Crippen molar-refractivity contribution in [2.75, 3.05) is 6.54 Å². The minimum Gasteiger partial charge on any atom is -0.389 e. The molecule has 0 aromatic heterocycles. The zero-order valence-electron chi connectivity index (χ0n) is 12.0. The van der Waals surface area contributed by atoms with Gasteiger partial charge in [0.25, 0.3) is 0 Å². The molecule has 0 saturated heterocycles. The second kappa shape index (κ2) is 7.10. The van der Waals surface area contributed by atoms with Crippen LogP contribution in [-0.2, 0) is 4.79 Å². The molecule has 0 bridgehead atoms. The normalized spacial score (nSPS) is 21.6. The molecule has 106 valence electrons. The van der Waals surface area contributed by atoms with Gasteiger partial charge in [-0.05, 0) is 33.1 Å². The molecule has 2 atom stereocenters. The van der Waals surface area contributed by atoms with Crippen molar-refractivity contribution >= 4 is 5.91 Å². The van der Waals surface area contributed by atoms with Crippen LogP contribution in [0.3, 0.4) is 0 Å². The first kappa shape index (κ1) is 15.4. The second-order valence-electron chi connectivity index (χ2n) is 5.73. The fourth-order valence-electron chi connectivity index (χ4n) is 2.52. The fraction of sp³-hybridized carbons (Fsp3) is 0.929. The lowest BCUT2D eigenvalue weighted by Crippen LogP contribution is -2.49. The van der Waals surface area contributed by atoms with Crippen LogP contribution in [0.25, 0.3) is 0 Å². The Bertz CT molecular complexity index is 263. The molecule has 0 radical (unpaired) electrons. The zero-order chi connectivity index (χ0) is 13.6. The van der Waals surface area contributed by atoms with Gasteiger partial charge in [0.1, 0.15) is 0 Å². The van der Waals surface area contributed by atoms with Gasteiger partial charge in [-0.3, -0.25) is 4.79 Å². The molecule has 0 aliphatic heterocycles. The SMILES string of the molecule is CCCC(C)NC(=O)C(C)NCC1(O)CCCC1. The molecular weight excluding hydrogens is 228 g/mol. The Morgan fingerprint density at radius 1 is 1.33 bits per heavy atom. The van der Waals surface area contributed by atoms with Crippen molar-refractivity contribution in [1.82, 2.24) is 10.6 Å². The minimum absolute atomic E-state index is 0.0255. The number of hydrogen-bond acceptors (Lipinski definition) is 3. The van der Waals surface area contributed by atoms with E-state index in [9.17, 15) is 9.90 Å². The maximum atomic E-state index is 11.9. The van der Waals surface area contributed by atoms with Crippen LogP contribution in [0.1, 0.15) is 59.3 Å². The van der Waals surface area contributed by atoms with E-state index >= 15 is 0 Å². The quantitative estimate of drug-likeness (QED) is 0.648. The van der Waals surface area contributed by atoms with E-state index in [0.717, 1.165) is 38.5 Å². The summed E-state index contributed by atoms with van der Waals surface area (Å²) in [6.45, 7) is 6.51. The molecule has 0 heterocycles. The lowest BCUT2D eigenvalue weighted by atomic mass is 10.0. The van der Waals surface area contributed by atoms with Crippen molar-refractivity contribution < 1.29 is 9.90 Å². The first-order valence-electron chi connectivity index (χ1n) is 7.23. The molecular formula is C14H28N2O2. The van der Waals surface area contributed by atoms with Gasteiger partial charge in [0.05, 0.1) is 11.6 Å². The molecule has 3 N–H and O–H groups in total. The predicted molar refractivity (Wildman–Crippen MR) is 73.4 cm³/mol. The average molecular weight is 256 g/mol. The van der Waals surface area contributed by atoms with E-state index in [2.05, 4.69) is 17.6 Å². The molecule has 1 aliphatic carbocycles. The molecule has 4 nitrogen and oxygen atoms in total. The molecule has 1 fully saturated rings. The number of rotatable bonds is 7. The van der Waals surface area contributed by atoms with E-state index < -0.39 is 5.60 Å². The lowest BCUT2D eigenvalue weighted by molar-refractivity contribution is -0.123. The highest BCUT2D eigenvalue weighted by Crippen LogP contribution is 2.28. The summed E-state index contributed by atoms with van der Waals surface area (Å²) in [4.78, 5) is 11.9. The molecule has 0 aromatic rings. The topological polar surface area (TPSA) is 61.4 Å². The number of nitrogens with one attached hydrogen (secondary N) is 2. The van der Waals surface area contributed by atoms with Gasteiger partial charge in [0.15, 0.2) is 0 Å². The van der Waals surface area contributed by atoms with Gasteiger partial charge in [-0.25, -0.2) is 0 Å². The van der Waals surface area contributed by atoms with Crippen molar-refractivity contribution in [3.8, 4) is 0 Å². The Morgan fingerprint density at radius 3 is 2.50 bits per heavy atom. The Kier molecular flexibility index (Phi) is 6.09. The van der Waals surface area contributed by atoms with Crippen molar-refractivity contribution in [3.63, 3.8) is 0 Å². The molecule has 1 rings (SSSR count). The van der Waals surface area contributed by atoms with Crippen molar-refractivity contribution in [2.45, 2.75) is 77.0 Å². The van der Waals surface area contributed by atoms with Crippen molar-refractivity contribution in [2.24, 2.45) is 0 Å². The van der Waals surface area contributed by atoms with Crippen LogP contribution >= 0.6 is 0 Å². The predicted octanol–water partition coefficient (Wildman–Crippen LogP) is 1.57. The van der Waals surface area contributed by atoms with Crippen LogP contribution in [-0.4, -0.2) is 35.2 Å². The van der Waals surface area contributed by atoms with Gasteiger partial charge in [-0.1, -0.05) is 26.2 Å². The number of carbonyl (C=O) groups is 1. The van der Waals surface area contributed by atoms with Gasteiger partial charge in [-0.2, -0.15) is 0 Å². The Morgan fingerprint density at radius 2 is 1.94 bits per heavy atom. The van der Waals surface area contributed by atoms with Gasteiger partial charge in [0, 0.05) is 12.6 Å². The van der Waals surface area contributed by atoms with E-state index in [4.69, 9.17) is 0 Å². The van der Waals surface area contributed by atoms with E-state index in [1.807, 2.05) is 13.8 Å². The monoisotopic (exact) mass is 256 g/mol. The number of aliphatic hydroxyl groups is 1. The molecule has 1 amide bonds. The Labute approximate surface area is 111 Å². The molecule has 0 aromatic carbocycles. The minimum atomic E-state index is -0.594. The van der Waals surface area contributed by atoms with E-state index in [1.54, 1.807) is 0 Å². The third-order valence-corrected chi connectivity index (χ3v) is 3.78. The first-order chi connectivity index (χ1) is 8.47. The highest BCUT2D eigenvalue weighted by molar-refractivity contribution is 5.81. The Balaban J connectivity index is 2.27. The summed E-state index contributed by atoms with van der Waals surface area (Å²) in [6.07, 6.45) is 5.95. The summed E-state index contributed by atoms with van der Waals surface area (Å²) in [5.74, 6) is 0.0255. The lowest BCUT2D eigenvalue weighted by Gasteiger charge is -2.25. The van der Waals surface area contributed by atoms with E-state index in [0.29, 0.717) is 6.54 Å². The second-order valence-corrected chi connectivity index (χ2v) is 5.73. The third-order valence-electron chi connectivity index (χ3n) is 3.78. The smallest absolute Gasteiger partial charge is 0.237 e. The summed E-state index contributed by atoms with van der Waals surface area (Å²) in [5.41, 5.74) is -0.594. The summed E-state index contributed by atoms with van der Waals surface area (Å²) in [7, 11) is 0. The van der Waals surface area contributed by atoms with Crippen molar-refractivity contribution in [1.29, 1.82) is 0 Å². The van der Waals surface area contributed by atoms with Crippen LogP contribution in [0.4, 0.5) is 0 Å². The Hall–Kier alpha value is -0.610. The van der Waals surface area contributed by atoms with E-state index in [-0.39, 0.29) is 18.0 Å².